The number of hydrogen-bond acceptors (Lipinski definition) is 6. The van der Waals surface area contributed by atoms with Gasteiger partial charge in [-0.1, -0.05) is 0 Å². The van der Waals surface area contributed by atoms with Gasteiger partial charge in [0.1, 0.15) is 17.5 Å². The number of ether oxygens (including phenoxy) is 2. The van der Waals surface area contributed by atoms with E-state index in [0.717, 1.165) is 11.4 Å². The minimum Gasteiger partial charge on any atom is -0.497 e. The second kappa shape index (κ2) is 8.90. The van der Waals surface area contributed by atoms with Crippen molar-refractivity contribution in [1.82, 2.24) is 5.32 Å². The first-order chi connectivity index (χ1) is 13.6. The molecule has 3 rings (SSSR count). The number of nitrogens with one attached hydrogen (secondary N) is 3. The number of rotatable bonds is 7. The van der Waals surface area contributed by atoms with Gasteiger partial charge in [0, 0.05) is 11.4 Å². The molecule has 3 N–H and O–H groups in total. The van der Waals surface area contributed by atoms with Crippen molar-refractivity contribution in [2.45, 2.75) is 19.4 Å². The van der Waals surface area contributed by atoms with Crippen molar-refractivity contribution in [1.29, 1.82) is 0 Å². The van der Waals surface area contributed by atoms with Gasteiger partial charge in [-0.05, 0) is 55.5 Å². The van der Waals surface area contributed by atoms with Crippen LogP contribution in [0.1, 0.15) is 13.3 Å². The van der Waals surface area contributed by atoms with E-state index in [0.29, 0.717) is 24.0 Å². The molecule has 1 atom stereocenters. The zero-order valence-corrected chi connectivity index (χ0v) is 15.7. The zero-order valence-electron chi connectivity index (χ0n) is 15.7. The highest BCUT2D eigenvalue weighted by Crippen LogP contribution is 2.18. The molecule has 0 aliphatic carbocycles. The maximum atomic E-state index is 12.2. The summed E-state index contributed by atoms with van der Waals surface area (Å²) in [5, 5.41) is 8.42. The normalized spacial score (nSPS) is 15.4. The summed E-state index contributed by atoms with van der Waals surface area (Å²) < 4.78 is 10.5. The number of nitrogens with zero attached hydrogens (tertiary/aromatic N) is 1. The molecule has 8 nitrogen and oxygen atoms in total. The average Bonchev–Trinajstić information content (AvgIpc) is 3.03. The molecule has 0 radical (unpaired) electrons. The number of carbonyl (C=O) groups is 2. The molecule has 1 aliphatic rings. The Kier molecular flexibility index (Phi) is 6.11. The molecule has 2 aromatic carbocycles. The van der Waals surface area contributed by atoms with Crippen LogP contribution in [0, 0.1) is 0 Å². The van der Waals surface area contributed by atoms with Gasteiger partial charge in [-0.15, -0.1) is 0 Å². The van der Waals surface area contributed by atoms with E-state index in [4.69, 9.17) is 9.47 Å². The van der Waals surface area contributed by atoms with E-state index in [1.54, 1.807) is 31.4 Å². The van der Waals surface area contributed by atoms with Gasteiger partial charge in [0.15, 0.2) is 0 Å². The summed E-state index contributed by atoms with van der Waals surface area (Å²) >= 11 is 0. The van der Waals surface area contributed by atoms with Crippen LogP contribution in [0.2, 0.25) is 0 Å². The predicted octanol–water partition coefficient (Wildman–Crippen LogP) is 2.39. The highest BCUT2D eigenvalue weighted by molar-refractivity contribution is 6.11. The van der Waals surface area contributed by atoms with Crippen molar-refractivity contribution in [3.05, 3.63) is 48.5 Å². The van der Waals surface area contributed by atoms with Gasteiger partial charge >= 0.3 is 0 Å². The van der Waals surface area contributed by atoms with E-state index in [1.807, 2.05) is 31.2 Å². The van der Waals surface area contributed by atoms with Crippen molar-refractivity contribution >= 4 is 29.1 Å². The van der Waals surface area contributed by atoms with Crippen molar-refractivity contribution in [2.24, 2.45) is 4.99 Å². The molecule has 146 valence electrons. The lowest BCUT2D eigenvalue weighted by Gasteiger charge is -2.07. The van der Waals surface area contributed by atoms with E-state index in [9.17, 15) is 9.59 Å². The number of methoxy groups -OCH3 is 1. The van der Waals surface area contributed by atoms with Crippen LogP contribution >= 0.6 is 0 Å². The SMILES string of the molecule is CCOc1ccc(NC2=N[C@H](CC(=O)Nc3ccc(OC)cc3)C(=O)N2)cc1. The highest BCUT2D eigenvalue weighted by atomic mass is 16.5. The minimum atomic E-state index is -0.775. The van der Waals surface area contributed by atoms with Crippen molar-refractivity contribution in [3.63, 3.8) is 0 Å². The van der Waals surface area contributed by atoms with E-state index in [2.05, 4.69) is 20.9 Å². The molecule has 2 aromatic rings. The number of hydrogen-bond donors (Lipinski definition) is 3. The number of guanidine groups is 1. The molecule has 0 fully saturated rings. The van der Waals surface area contributed by atoms with E-state index < -0.39 is 6.04 Å². The van der Waals surface area contributed by atoms with Crippen LogP contribution in [0.25, 0.3) is 0 Å². The van der Waals surface area contributed by atoms with Gasteiger partial charge in [-0.25, -0.2) is 4.99 Å². The third kappa shape index (κ3) is 5.00. The van der Waals surface area contributed by atoms with Gasteiger partial charge in [0.25, 0.3) is 5.91 Å². The molecule has 0 aromatic heterocycles. The fourth-order valence-corrected chi connectivity index (χ4v) is 2.65. The van der Waals surface area contributed by atoms with Crippen molar-refractivity contribution in [3.8, 4) is 11.5 Å². The molecule has 8 heteroatoms. The Morgan fingerprint density at radius 2 is 1.71 bits per heavy atom. The van der Waals surface area contributed by atoms with Gasteiger partial charge in [-0.3, -0.25) is 14.9 Å². The van der Waals surface area contributed by atoms with Crippen molar-refractivity contribution < 1.29 is 19.1 Å². The molecule has 0 saturated carbocycles. The molecule has 0 spiro atoms. The lowest BCUT2D eigenvalue weighted by molar-refractivity contribution is -0.123. The lowest BCUT2D eigenvalue weighted by atomic mass is 10.2. The fourth-order valence-electron chi connectivity index (χ4n) is 2.65. The summed E-state index contributed by atoms with van der Waals surface area (Å²) in [6.07, 6.45) is -0.0493. The standard InChI is InChI=1S/C20H22N4O4/c1-3-28-16-10-6-14(7-11-16)22-20-23-17(19(26)24-20)12-18(25)21-13-4-8-15(27-2)9-5-13/h4-11,17H,3,12H2,1-2H3,(H,21,25)(H2,22,23,24,26)/t17-/m1/s1. The van der Waals surface area contributed by atoms with E-state index in [1.165, 1.54) is 0 Å². The molecule has 1 heterocycles. The summed E-state index contributed by atoms with van der Waals surface area (Å²) in [5.74, 6) is 1.16. The molecule has 28 heavy (non-hydrogen) atoms. The number of aliphatic imine (C=N–C) groups is 1. The molecule has 0 bridgehead atoms. The van der Waals surface area contributed by atoms with E-state index in [-0.39, 0.29) is 18.2 Å². The third-order valence-corrected chi connectivity index (χ3v) is 4.01. The maximum Gasteiger partial charge on any atom is 0.252 e. The fraction of sp³-hybridized carbons (Fsp3) is 0.250. The van der Waals surface area contributed by atoms with Crippen LogP contribution in [0.5, 0.6) is 11.5 Å². The second-order valence-corrected chi connectivity index (χ2v) is 6.05. The van der Waals surface area contributed by atoms with Crippen LogP contribution in [0.4, 0.5) is 11.4 Å². The van der Waals surface area contributed by atoms with Gasteiger partial charge in [0.2, 0.25) is 11.9 Å². The minimum absolute atomic E-state index is 0.0493. The molecular weight excluding hydrogens is 360 g/mol. The third-order valence-electron chi connectivity index (χ3n) is 4.01. The first kappa shape index (κ1) is 19.2. The maximum absolute atomic E-state index is 12.2. The Morgan fingerprint density at radius 1 is 1.07 bits per heavy atom. The summed E-state index contributed by atoms with van der Waals surface area (Å²) in [4.78, 5) is 28.6. The predicted molar refractivity (Wildman–Crippen MR) is 107 cm³/mol. The second-order valence-electron chi connectivity index (χ2n) is 6.05. The molecule has 0 unspecified atom stereocenters. The first-order valence-corrected chi connectivity index (χ1v) is 8.90. The van der Waals surface area contributed by atoms with Crippen LogP contribution in [0.15, 0.2) is 53.5 Å². The topological polar surface area (TPSA) is 101 Å². The number of amides is 2. The number of carbonyl (C=O) groups excluding carboxylic acids is 2. The average molecular weight is 382 g/mol. The van der Waals surface area contributed by atoms with Gasteiger partial charge < -0.3 is 20.1 Å². The highest BCUT2D eigenvalue weighted by Gasteiger charge is 2.28. The van der Waals surface area contributed by atoms with E-state index >= 15 is 0 Å². The lowest BCUT2D eigenvalue weighted by Crippen LogP contribution is -2.33. The Hall–Kier alpha value is -3.55. The molecule has 2 amide bonds. The largest absolute Gasteiger partial charge is 0.497 e. The Labute approximate surface area is 162 Å². The Bertz CT molecular complexity index is 863. The van der Waals surface area contributed by atoms with Gasteiger partial charge in [0.05, 0.1) is 20.1 Å². The summed E-state index contributed by atoms with van der Waals surface area (Å²) in [6.45, 7) is 2.51. The van der Waals surface area contributed by atoms with Crippen LogP contribution in [0.3, 0.4) is 0 Å². The van der Waals surface area contributed by atoms with Gasteiger partial charge in [-0.2, -0.15) is 0 Å². The Balaban J connectivity index is 1.55. The Morgan fingerprint density at radius 3 is 2.36 bits per heavy atom. The van der Waals surface area contributed by atoms with Crippen LogP contribution in [-0.2, 0) is 9.59 Å². The summed E-state index contributed by atoms with van der Waals surface area (Å²) in [7, 11) is 1.57. The monoisotopic (exact) mass is 382 g/mol. The zero-order chi connectivity index (χ0) is 19.9. The molecular formula is C20H22N4O4. The summed E-state index contributed by atoms with van der Waals surface area (Å²) in [5.41, 5.74) is 1.38. The first-order valence-electron chi connectivity index (χ1n) is 8.90. The van der Waals surface area contributed by atoms with Crippen LogP contribution in [-0.4, -0.2) is 37.5 Å². The smallest absolute Gasteiger partial charge is 0.252 e. The summed E-state index contributed by atoms with van der Waals surface area (Å²) in [6, 6.07) is 13.5. The number of anilines is 2. The van der Waals surface area contributed by atoms with Crippen molar-refractivity contribution in [2.75, 3.05) is 24.4 Å². The quantitative estimate of drug-likeness (QED) is 0.683. The molecule has 0 saturated heterocycles. The number of benzene rings is 2. The van der Waals surface area contributed by atoms with Crippen LogP contribution < -0.4 is 25.4 Å². The molecule has 1 aliphatic heterocycles.